The molecule has 0 bridgehead atoms. The number of aromatic nitrogens is 2. The molecule has 0 saturated heterocycles. The average Bonchev–Trinajstić information content (AvgIpc) is 3.57. The largest absolute Gasteiger partial charge is 0.497 e. The summed E-state index contributed by atoms with van der Waals surface area (Å²) >= 11 is 0. The first-order chi connectivity index (χ1) is 18.8. The molecule has 0 radical (unpaired) electrons. The summed E-state index contributed by atoms with van der Waals surface area (Å²) in [7, 11) is 1.57. The van der Waals surface area contributed by atoms with Crippen LogP contribution in [0.5, 0.6) is 5.75 Å². The summed E-state index contributed by atoms with van der Waals surface area (Å²) in [6, 6.07) is 23.2. The fraction of sp³-hybridized carbons (Fsp3) is 0.194. The van der Waals surface area contributed by atoms with Gasteiger partial charge in [0.05, 0.1) is 13.0 Å². The van der Waals surface area contributed by atoms with Gasteiger partial charge < -0.3 is 14.0 Å². The first-order valence-electron chi connectivity index (χ1n) is 12.5. The summed E-state index contributed by atoms with van der Waals surface area (Å²) in [5.41, 5.74) is 1.07. The smallest absolute Gasteiger partial charge is 0.346 e. The molecule has 0 saturated carbocycles. The molecule has 1 unspecified atom stereocenters. The third-order valence-electron chi connectivity index (χ3n) is 7.00. The Morgan fingerprint density at radius 1 is 1.00 bits per heavy atom. The molecular weight excluding hydrogens is 494 g/mol. The number of ketones is 2. The number of hydrogen-bond acceptors (Lipinski definition) is 7. The number of carbonyl (C=O) groups excluding carboxylic acids is 3. The first kappa shape index (κ1) is 25.8. The van der Waals surface area contributed by atoms with Gasteiger partial charge in [-0.05, 0) is 42.3 Å². The van der Waals surface area contributed by atoms with Crippen molar-refractivity contribution in [2.24, 2.45) is 10.9 Å². The Balaban J connectivity index is 1.51. The van der Waals surface area contributed by atoms with E-state index in [0.717, 1.165) is 5.56 Å². The number of cyclic esters (lactones) is 1. The molecule has 1 aromatic heterocycles. The van der Waals surface area contributed by atoms with Gasteiger partial charge in [-0.15, -0.1) is 0 Å². The number of ether oxygens (including phenoxy) is 2. The standard InChI is InChI=1S/C31H27N3O5/c1-20(27(36)28-32-17-18-34(28)19-22-9-11-23(12-10-22)21(2)35)31(25-7-5-4-6-8-25)30(37)39-29(33-31)24-13-15-26(38-3)16-14-24/h4-18,20H,19H2,1-3H3/t20?,31-/m1/s1. The maximum Gasteiger partial charge on any atom is 0.346 e. The van der Waals surface area contributed by atoms with Crippen LogP contribution in [0.25, 0.3) is 0 Å². The zero-order valence-electron chi connectivity index (χ0n) is 21.8. The molecule has 4 aromatic rings. The molecule has 0 fully saturated rings. The van der Waals surface area contributed by atoms with E-state index in [2.05, 4.69) is 4.98 Å². The molecule has 2 heterocycles. The van der Waals surface area contributed by atoms with E-state index >= 15 is 0 Å². The number of rotatable bonds is 9. The normalized spacial score (nSPS) is 17.3. The van der Waals surface area contributed by atoms with E-state index in [4.69, 9.17) is 14.5 Å². The van der Waals surface area contributed by atoms with Crippen molar-refractivity contribution in [2.45, 2.75) is 25.9 Å². The molecule has 0 N–H and O–H groups in total. The van der Waals surface area contributed by atoms with Crippen LogP contribution in [-0.4, -0.2) is 40.1 Å². The lowest BCUT2D eigenvalue weighted by atomic mass is 9.77. The fourth-order valence-corrected chi connectivity index (χ4v) is 4.74. The summed E-state index contributed by atoms with van der Waals surface area (Å²) < 4.78 is 12.7. The van der Waals surface area contributed by atoms with Crippen LogP contribution >= 0.6 is 0 Å². The lowest BCUT2D eigenvalue weighted by Gasteiger charge is -2.28. The molecular formula is C31H27N3O5. The number of carbonyl (C=O) groups is 3. The van der Waals surface area contributed by atoms with E-state index in [1.807, 2.05) is 18.2 Å². The highest BCUT2D eigenvalue weighted by atomic mass is 16.6. The maximum absolute atomic E-state index is 14.0. The highest BCUT2D eigenvalue weighted by Gasteiger charge is 2.55. The Kier molecular flexibility index (Phi) is 6.94. The van der Waals surface area contributed by atoms with E-state index < -0.39 is 17.4 Å². The van der Waals surface area contributed by atoms with E-state index in [9.17, 15) is 14.4 Å². The summed E-state index contributed by atoms with van der Waals surface area (Å²) in [6.07, 6.45) is 3.27. The van der Waals surface area contributed by atoms with Crippen molar-refractivity contribution in [3.8, 4) is 5.75 Å². The monoisotopic (exact) mass is 521 g/mol. The van der Waals surface area contributed by atoms with Crippen LogP contribution in [0, 0.1) is 5.92 Å². The summed E-state index contributed by atoms with van der Waals surface area (Å²) in [4.78, 5) is 48.3. The number of hydrogen-bond donors (Lipinski definition) is 0. The van der Waals surface area contributed by atoms with Gasteiger partial charge in [-0.2, -0.15) is 0 Å². The molecule has 1 aliphatic rings. The van der Waals surface area contributed by atoms with Crippen LogP contribution in [0.2, 0.25) is 0 Å². The van der Waals surface area contributed by atoms with E-state index in [1.54, 1.807) is 91.7 Å². The van der Waals surface area contributed by atoms with Crippen molar-refractivity contribution in [2.75, 3.05) is 7.11 Å². The zero-order valence-corrected chi connectivity index (χ0v) is 21.8. The molecule has 0 amide bonds. The van der Waals surface area contributed by atoms with Gasteiger partial charge in [0.1, 0.15) is 5.75 Å². The third-order valence-corrected chi connectivity index (χ3v) is 7.00. The topological polar surface area (TPSA) is 99.9 Å². The minimum atomic E-state index is -1.59. The first-order valence-corrected chi connectivity index (χ1v) is 12.5. The van der Waals surface area contributed by atoms with Gasteiger partial charge in [-0.25, -0.2) is 14.8 Å². The minimum absolute atomic E-state index is 0.0157. The van der Waals surface area contributed by atoms with Crippen LogP contribution < -0.4 is 4.74 Å². The van der Waals surface area contributed by atoms with Crippen LogP contribution in [-0.2, 0) is 21.6 Å². The Labute approximate surface area is 225 Å². The number of esters is 1. The van der Waals surface area contributed by atoms with Crippen LogP contribution in [0.3, 0.4) is 0 Å². The number of aliphatic imine (C=N–C) groups is 1. The molecule has 0 aliphatic carbocycles. The Hall–Kier alpha value is -4.85. The summed E-state index contributed by atoms with van der Waals surface area (Å²) in [5, 5.41) is 0. The quantitative estimate of drug-likeness (QED) is 0.230. The Morgan fingerprint density at radius 3 is 2.33 bits per heavy atom. The van der Waals surface area contributed by atoms with Gasteiger partial charge >= 0.3 is 5.97 Å². The molecule has 8 nitrogen and oxygen atoms in total. The minimum Gasteiger partial charge on any atom is -0.497 e. The molecule has 0 spiro atoms. The summed E-state index contributed by atoms with van der Waals surface area (Å²) in [6.45, 7) is 3.56. The zero-order chi connectivity index (χ0) is 27.6. The van der Waals surface area contributed by atoms with Crippen LogP contribution in [0.15, 0.2) is 96.2 Å². The predicted molar refractivity (Wildman–Crippen MR) is 145 cm³/mol. The molecule has 1 aliphatic heterocycles. The molecule has 3 aromatic carbocycles. The lowest BCUT2D eigenvalue weighted by Crippen LogP contribution is -2.42. The van der Waals surface area contributed by atoms with Crippen molar-refractivity contribution >= 4 is 23.4 Å². The second-order valence-electron chi connectivity index (χ2n) is 9.39. The van der Waals surface area contributed by atoms with Gasteiger partial charge in [-0.3, -0.25) is 9.59 Å². The van der Waals surface area contributed by atoms with Crippen molar-refractivity contribution in [1.82, 2.24) is 9.55 Å². The van der Waals surface area contributed by atoms with Crippen molar-refractivity contribution < 1.29 is 23.9 Å². The van der Waals surface area contributed by atoms with E-state index in [0.29, 0.717) is 29.0 Å². The third kappa shape index (κ3) is 4.77. The fourth-order valence-electron chi connectivity index (χ4n) is 4.74. The highest BCUT2D eigenvalue weighted by Crippen LogP contribution is 2.41. The van der Waals surface area contributed by atoms with E-state index in [1.165, 1.54) is 6.92 Å². The maximum atomic E-state index is 14.0. The number of nitrogens with zero attached hydrogens (tertiary/aromatic N) is 3. The van der Waals surface area contributed by atoms with Crippen LogP contribution in [0.1, 0.15) is 51.5 Å². The van der Waals surface area contributed by atoms with Crippen molar-refractivity contribution in [1.29, 1.82) is 0 Å². The SMILES string of the molecule is COc1ccc(C2=N[C@@](c3ccccc3)(C(C)C(=O)c3nccn3Cc3ccc(C(C)=O)cc3)C(=O)O2)cc1. The molecule has 5 rings (SSSR count). The molecule has 196 valence electrons. The number of imidazole rings is 1. The average molecular weight is 522 g/mol. The summed E-state index contributed by atoms with van der Waals surface area (Å²) in [5.74, 6) is -0.916. The van der Waals surface area contributed by atoms with Crippen molar-refractivity contribution in [3.63, 3.8) is 0 Å². The lowest BCUT2D eigenvalue weighted by molar-refractivity contribution is -0.140. The van der Waals surface area contributed by atoms with Gasteiger partial charge in [0.15, 0.2) is 17.1 Å². The van der Waals surface area contributed by atoms with Crippen LogP contribution in [0.4, 0.5) is 0 Å². The predicted octanol–water partition coefficient (Wildman–Crippen LogP) is 4.86. The second-order valence-corrected chi connectivity index (χ2v) is 9.39. The number of methoxy groups -OCH3 is 1. The highest BCUT2D eigenvalue weighted by molar-refractivity contribution is 6.11. The van der Waals surface area contributed by atoms with Crippen molar-refractivity contribution in [3.05, 3.63) is 119 Å². The Morgan fingerprint density at radius 2 is 1.69 bits per heavy atom. The van der Waals surface area contributed by atoms with Gasteiger partial charge in [-0.1, -0.05) is 61.5 Å². The van der Waals surface area contributed by atoms with Gasteiger partial charge in [0.2, 0.25) is 11.7 Å². The number of benzene rings is 3. The van der Waals surface area contributed by atoms with Gasteiger partial charge in [0.25, 0.3) is 0 Å². The molecule has 8 heteroatoms. The second kappa shape index (κ2) is 10.5. The van der Waals surface area contributed by atoms with Gasteiger partial charge in [0, 0.05) is 30.1 Å². The number of Topliss-reactive ketones (excluding diaryl/α,β-unsaturated/α-hetero) is 2. The van der Waals surface area contributed by atoms with E-state index in [-0.39, 0.29) is 23.3 Å². The molecule has 39 heavy (non-hydrogen) atoms. The molecule has 2 atom stereocenters. The Bertz CT molecular complexity index is 1560.